The Morgan fingerprint density at radius 1 is 1.16 bits per heavy atom. The molecule has 3 rings (SSSR count). The molecule has 0 bridgehead atoms. The molecule has 0 atom stereocenters. The van der Waals surface area contributed by atoms with E-state index in [1.807, 2.05) is 0 Å². The maximum absolute atomic E-state index is 13.2. The van der Waals surface area contributed by atoms with Gasteiger partial charge in [-0.05, 0) is 25.0 Å². The molecule has 1 aliphatic rings. The van der Waals surface area contributed by atoms with Gasteiger partial charge in [0.25, 0.3) is 0 Å². The zero-order valence-electron chi connectivity index (χ0n) is 10.2. The highest BCUT2D eigenvalue weighted by molar-refractivity contribution is 6.30. The summed E-state index contributed by atoms with van der Waals surface area (Å²) >= 11 is 5.91. The van der Waals surface area contributed by atoms with E-state index in [-0.39, 0.29) is 25.7 Å². The van der Waals surface area contributed by atoms with Crippen LogP contribution in [0.2, 0.25) is 5.02 Å². The zero-order chi connectivity index (χ0) is 13.7. The lowest BCUT2D eigenvalue weighted by Crippen LogP contribution is -2.43. The smallest absolute Gasteiger partial charge is 0.248 e. The normalized spacial score (nSPS) is 21.7. The number of nitrogens with two attached hydrogens (primary N) is 1. The van der Waals surface area contributed by atoms with E-state index >= 15 is 0 Å². The van der Waals surface area contributed by atoms with Crippen molar-refractivity contribution < 1.29 is 8.78 Å². The van der Waals surface area contributed by atoms with E-state index < -0.39 is 11.5 Å². The average molecular weight is 286 g/mol. The molecule has 0 aliphatic heterocycles. The van der Waals surface area contributed by atoms with Crippen LogP contribution < -0.4 is 5.73 Å². The predicted octanol–water partition coefficient (Wildman–Crippen LogP) is 3.35. The van der Waals surface area contributed by atoms with E-state index in [1.54, 1.807) is 28.9 Å². The van der Waals surface area contributed by atoms with Crippen LogP contribution in [0.25, 0.3) is 5.65 Å². The van der Waals surface area contributed by atoms with Crippen molar-refractivity contribution in [1.29, 1.82) is 0 Å². The molecular weight excluding hydrogens is 272 g/mol. The summed E-state index contributed by atoms with van der Waals surface area (Å²) in [5.41, 5.74) is 6.88. The zero-order valence-corrected chi connectivity index (χ0v) is 11.0. The largest absolute Gasteiger partial charge is 0.320 e. The highest BCUT2D eigenvalue weighted by Crippen LogP contribution is 2.41. The Morgan fingerprint density at radius 3 is 2.53 bits per heavy atom. The van der Waals surface area contributed by atoms with Gasteiger partial charge in [-0.15, -0.1) is 0 Å². The van der Waals surface area contributed by atoms with E-state index in [0.29, 0.717) is 10.7 Å². The van der Waals surface area contributed by atoms with Gasteiger partial charge in [0.15, 0.2) is 0 Å². The number of hydrogen-bond acceptors (Lipinski definition) is 2. The topological polar surface area (TPSA) is 43.3 Å². The first-order valence-corrected chi connectivity index (χ1v) is 6.57. The fourth-order valence-electron chi connectivity index (χ4n) is 2.52. The van der Waals surface area contributed by atoms with Crippen LogP contribution in [0.15, 0.2) is 24.5 Å². The van der Waals surface area contributed by atoms with Crippen molar-refractivity contribution >= 4 is 17.2 Å². The van der Waals surface area contributed by atoms with Crippen molar-refractivity contribution in [3.8, 4) is 0 Å². The van der Waals surface area contributed by atoms with Gasteiger partial charge in [0, 0.05) is 25.2 Å². The van der Waals surface area contributed by atoms with E-state index in [9.17, 15) is 8.78 Å². The van der Waals surface area contributed by atoms with Crippen LogP contribution in [0.4, 0.5) is 8.78 Å². The molecule has 1 saturated carbocycles. The van der Waals surface area contributed by atoms with Gasteiger partial charge in [0.1, 0.15) is 5.65 Å². The number of pyridine rings is 1. The number of imidazole rings is 1. The minimum Gasteiger partial charge on any atom is -0.320 e. The second-order valence-electron chi connectivity index (χ2n) is 5.25. The Balaban J connectivity index is 1.95. The van der Waals surface area contributed by atoms with Crippen molar-refractivity contribution in [2.45, 2.75) is 37.1 Å². The molecule has 2 aromatic rings. The fraction of sp³-hybridized carbons (Fsp3) is 0.462. The third kappa shape index (κ3) is 2.32. The van der Waals surface area contributed by atoms with Gasteiger partial charge in [-0.2, -0.15) is 0 Å². The molecule has 2 aromatic heterocycles. The summed E-state index contributed by atoms with van der Waals surface area (Å²) in [5, 5.41) is 0.595. The summed E-state index contributed by atoms with van der Waals surface area (Å²) < 4.78 is 28.2. The number of nitrogens with zero attached hydrogens (tertiary/aromatic N) is 2. The highest BCUT2D eigenvalue weighted by Gasteiger charge is 2.43. The number of halogens is 3. The van der Waals surface area contributed by atoms with Crippen LogP contribution in [-0.4, -0.2) is 15.3 Å². The summed E-state index contributed by atoms with van der Waals surface area (Å²) in [5.74, 6) is -2.59. The molecule has 0 unspecified atom stereocenters. The van der Waals surface area contributed by atoms with Gasteiger partial charge in [0.05, 0.1) is 16.3 Å². The predicted molar refractivity (Wildman–Crippen MR) is 69.5 cm³/mol. The van der Waals surface area contributed by atoms with Crippen LogP contribution >= 0.6 is 11.6 Å². The first-order valence-electron chi connectivity index (χ1n) is 6.20. The number of fused-ring (bicyclic) bond motifs is 1. The molecule has 3 nitrogen and oxygen atoms in total. The molecule has 0 saturated heterocycles. The monoisotopic (exact) mass is 285 g/mol. The maximum Gasteiger partial charge on any atom is 0.248 e. The van der Waals surface area contributed by atoms with E-state index in [4.69, 9.17) is 17.3 Å². The van der Waals surface area contributed by atoms with Crippen molar-refractivity contribution in [2.24, 2.45) is 5.73 Å². The summed E-state index contributed by atoms with van der Waals surface area (Å²) in [6.45, 7) is 0. The van der Waals surface area contributed by atoms with E-state index in [2.05, 4.69) is 4.98 Å². The fourth-order valence-corrected chi connectivity index (χ4v) is 2.69. The van der Waals surface area contributed by atoms with Gasteiger partial charge in [-0.3, -0.25) is 0 Å². The highest BCUT2D eigenvalue weighted by atomic mass is 35.5. The Labute approximate surface area is 114 Å². The molecule has 1 fully saturated rings. The second kappa shape index (κ2) is 4.15. The first-order chi connectivity index (χ1) is 8.88. The summed E-state index contributed by atoms with van der Waals surface area (Å²) in [6, 6.07) is 3.53. The molecule has 2 N–H and O–H groups in total. The lowest BCUT2D eigenvalue weighted by atomic mass is 9.79. The van der Waals surface area contributed by atoms with Crippen molar-refractivity contribution in [3.63, 3.8) is 0 Å². The number of hydrogen-bond donors (Lipinski definition) is 1. The lowest BCUT2D eigenvalue weighted by Gasteiger charge is -2.35. The average Bonchev–Trinajstić information content (AvgIpc) is 2.77. The van der Waals surface area contributed by atoms with E-state index in [0.717, 1.165) is 5.65 Å². The molecular formula is C13H14ClF2N3. The molecule has 6 heteroatoms. The minimum atomic E-state index is -2.59. The quantitative estimate of drug-likeness (QED) is 0.873. The molecule has 2 heterocycles. The Kier molecular flexibility index (Phi) is 2.80. The van der Waals surface area contributed by atoms with Gasteiger partial charge in [0.2, 0.25) is 5.92 Å². The van der Waals surface area contributed by atoms with Crippen LogP contribution in [0, 0.1) is 0 Å². The van der Waals surface area contributed by atoms with Crippen LogP contribution in [0.3, 0.4) is 0 Å². The molecule has 1 aliphatic carbocycles. The van der Waals surface area contributed by atoms with Gasteiger partial charge in [-0.1, -0.05) is 11.6 Å². The Bertz CT molecular complexity index is 613. The molecule has 0 spiro atoms. The van der Waals surface area contributed by atoms with Crippen LogP contribution in [-0.2, 0) is 5.54 Å². The molecule has 102 valence electrons. The van der Waals surface area contributed by atoms with Crippen LogP contribution in [0.5, 0.6) is 0 Å². The molecule has 19 heavy (non-hydrogen) atoms. The lowest BCUT2D eigenvalue weighted by molar-refractivity contribution is -0.0518. The number of aromatic nitrogens is 2. The first kappa shape index (κ1) is 12.8. The molecule has 0 aromatic carbocycles. The number of alkyl halides is 2. The summed E-state index contributed by atoms with van der Waals surface area (Å²) in [4.78, 5) is 4.43. The third-order valence-corrected chi connectivity index (χ3v) is 4.02. The summed E-state index contributed by atoms with van der Waals surface area (Å²) in [7, 11) is 0. The Morgan fingerprint density at radius 2 is 1.84 bits per heavy atom. The van der Waals surface area contributed by atoms with Crippen molar-refractivity contribution in [2.75, 3.05) is 0 Å². The number of rotatable bonds is 1. The van der Waals surface area contributed by atoms with Gasteiger partial charge >= 0.3 is 0 Å². The molecule has 0 radical (unpaired) electrons. The minimum absolute atomic E-state index is 0.182. The SMILES string of the molecule is NC1(c2cn3cc(Cl)ccc3n2)CCC(F)(F)CC1. The third-order valence-electron chi connectivity index (χ3n) is 3.80. The molecule has 0 amide bonds. The van der Waals surface area contributed by atoms with Gasteiger partial charge < -0.3 is 10.1 Å². The van der Waals surface area contributed by atoms with E-state index in [1.165, 1.54) is 0 Å². The van der Waals surface area contributed by atoms with Crippen molar-refractivity contribution in [1.82, 2.24) is 9.38 Å². The standard InChI is InChI=1S/C13H14ClF2N3/c14-9-1-2-11-18-10(8-19(11)7-9)12(17)3-5-13(15,16)6-4-12/h1-2,7-8H,3-6,17H2. The second-order valence-corrected chi connectivity index (χ2v) is 5.69. The maximum atomic E-state index is 13.2. The van der Waals surface area contributed by atoms with Gasteiger partial charge in [-0.25, -0.2) is 13.8 Å². The van der Waals surface area contributed by atoms with Crippen molar-refractivity contribution in [3.05, 3.63) is 35.2 Å². The summed E-state index contributed by atoms with van der Waals surface area (Å²) in [6.07, 6.45) is 3.64. The Hall–Kier alpha value is -1.20. The van der Waals surface area contributed by atoms with Crippen LogP contribution in [0.1, 0.15) is 31.4 Å².